The van der Waals surface area contributed by atoms with Gasteiger partial charge in [-0.1, -0.05) is 6.92 Å². The van der Waals surface area contributed by atoms with Crippen molar-refractivity contribution in [3.63, 3.8) is 0 Å². The van der Waals surface area contributed by atoms with Gasteiger partial charge in [0, 0.05) is 25.7 Å². The number of hydrogen-bond donors (Lipinski definition) is 1. The highest BCUT2D eigenvalue weighted by molar-refractivity contribution is 9.10. The second kappa shape index (κ2) is 6.45. The first-order valence-corrected chi connectivity index (χ1v) is 7.17. The molecule has 0 fully saturated rings. The monoisotopic (exact) mass is 343 g/mol. The maximum atomic E-state index is 13.5. The Morgan fingerprint density at radius 2 is 2.05 bits per heavy atom. The van der Waals surface area contributed by atoms with Gasteiger partial charge in [-0.25, -0.2) is 8.78 Å². The largest absolute Gasteiger partial charge is 0.307 e. The second-order valence-corrected chi connectivity index (χ2v) is 5.32. The minimum Gasteiger partial charge on any atom is -0.307 e. The zero-order valence-corrected chi connectivity index (χ0v) is 13.0. The van der Waals surface area contributed by atoms with E-state index in [1.807, 2.05) is 14.0 Å². The van der Waals surface area contributed by atoms with E-state index in [4.69, 9.17) is 0 Å². The van der Waals surface area contributed by atoms with Crippen molar-refractivity contribution < 1.29 is 8.78 Å². The third-order valence-corrected chi connectivity index (χ3v) is 4.03. The molecule has 0 amide bonds. The highest BCUT2D eigenvalue weighted by Crippen LogP contribution is 2.21. The van der Waals surface area contributed by atoms with Crippen LogP contribution in [0.25, 0.3) is 0 Å². The van der Waals surface area contributed by atoms with Crippen LogP contribution in [0.15, 0.2) is 22.7 Å². The van der Waals surface area contributed by atoms with Crippen molar-refractivity contribution in [3.05, 3.63) is 51.3 Å². The Bertz CT molecular complexity index is 611. The lowest BCUT2D eigenvalue weighted by molar-refractivity contribution is 0.561. The molecular formula is C14H16BrF2N3. The lowest BCUT2D eigenvalue weighted by atomic mass is 10.2. The zero-order chi connectivity index (χ0) is 14.7. The highest BCUT2D eigenvalue weighted by atomic mass is 79.9. The van der Waals surface area contributed by atoms with Crippen molar-refractivity contribution in [1.29, 1.82) is 0 Å². The molecule has 3 nitrogen and oxygen atoms in total. The maximum absolute atomic E-state index is 13.5. The third kappa shape index (κ3) is 3.24. The number of benzene rings is 1. The smallest absolute Gasteiger partial charge is 0.127 e. The van der Waals surface area contributed by atoms with E-state index < -0.39 is 11.6 Å². The van der Waals surface area contributed by atoms with Crippen molar-refractivity contribution >= 4 is 15.9 Å². The summed E-state index contributed by atoms with van der Waals surface area (Å²) < 4.78 is 29.3. The summed E-state index contributed by atoms with van der Waals surface area (Å²) in [6.45, 7) is 2.83. The molecular weight excluding hydrogens is 328 g/mol. The Morgan fingerprint density at radius 3 is 2.70 bits per heavy atom. The average Bonchev–Trinajstić information content (AvgIpc) is 2.69. The topological polar surface area (TPSA) is 29.9 Å². The van der Waals surface area contributed by atoms with Crippen LogP contribution in [0.3, 0.4) is 0 Å². The standard InChI is InChI=1S/C14H16BrF2N3/c1-3-12-14(15)13(20(2)19-12)8-18-7-9-6-10(16)4-5-11(9)17/h4-6,18H,3,7-8H2,1-2H3. The first-order valence-electron chi connectivity index (χ1n) is 6.37. The molecule has 1 aromatic carbocycles. The van der Waals surface area contributed by atoms with Crippen LogP contribution in [0, 0.1) is 11.6 Å². The highest BCUT2D eigenvalue weighted by Gasteiger charge is 2.12. The summed E-state index contributed by atoms with van der Waals surface area (Å²) in [5.41, 5.74) is 2.29. The van der Waals surface area contributed by atoms with Crippen LogP contribution in [-0.2, 0) is 26.6 Å². The number of aryl methyl sites for hydroxylation is 2. The summed E-state index contributed by atoms with van der Waals surface area (Å²) >= 11 is 3.52. The Labute approximate surface area is 125 Å². The fourth-order valence-corrected chi connectivity index (χ4v) is 2.76. The Kier molecular flexibility index (Phi) is 4.88. The van der Waals surface area contributed by atoms with Crippen LogP contribution in [0.2, 0.25) is 0 Å². The third-order valence-electron chi connectivity index (χ3n) is 3.12. The van der Waals surface area contributed by atoms with Crippen molar-refractivity contribution in [2.75, 3.05) is 0 Å². The quantitative estimate of drug-likeness (QED) is 0.902. The van der Waals surface area contributed by atoms with Gasteiger partial charge in [0.2, 0.25) is 0 Å². The molecule has 1 N–H and O–H groups in total. The molecule has 0 saturated heterocycles. The fourth-order valence-electron chi connectivity index (χ4n) is 2.01. The van der Waals surface area contributed by atoms with Crippen molar-refractivity contribution in [2.24, 2.45) is 7.05 Å². The van der Waals surface area contributed by atoms with Gasteiger partial charge in [-0.3, -0.25) is 4.68 Å². The summed E-state index contributed by atoms with van der Waals surface area (Å²) in [4.78, 5) is 0. The number of rotatable bonds is 5. The molecule has 6 heteroatoms. The van der Waals surface area contributed by atoms with Crippen LogP contribution < -0.4 is 5.32 Å². The van der Waals surface area contributed by atoms with E-state index in [-0.39, 0.29) is 6.54 Å². The van der Waals surface area contributed by atoms with Gasteiger partial charge in [-0.05, 0) is 40.5 Å². The molecule has 2 aromatic rings. The van der Waals surface area contributed by atoms with Crippen LogP contribution in [0.1, 0.15) is 23.9 Å². The number of nitrogens with zero attached hydrogens (tertiary/aromatic N) is 2. The van der Waals surface area contributed by atoms with Gasteiger partial charge >= 0.3 is 0 Å². The van der Waals surface area contributed by atoms with Gasteiger partial charge in [0.1, 0.15) is 11.6 Å². The summed E-state index contributed by atoms with van der Waals surface area (Å²) in [5, 5.41) is 7.49. The molecule has 0 aliphatic rings. The summed E-state index contributed by atoms with van der Waals surface area (Å²) in [7, 11) is 1.86. The molecule has 0 spiro atoms. The van der Waals surface area contributed by atoms with Gasteiger partial charge in [0.25, 0.3) is 0 Å². The predicted molar refractivity (Wildman–Crippen MR) is 77.2 cm³/mol. The number of aromatic nitrogens is 2. The molecule has 0 atom stereocenters. The average molecular weight is 344 g/mol. The summed E-state index contributed by atoms with van der Waals surface area (Å²) in [5.74, 6) is -0.838. The molecule has 108 valence electrons. The Morgan fingerprint density at radius 1 is 1.30 bits per heavy atom. The van der Waals surface area contributed by atoms with Crippen molar-refractivity contribution in [3.8, 4) is 0 Å². The maximum Gasteiger partial charge on any atom is 0.127 e. The molecule has 0 aliphatic carbocycles. The van der Waals surface area contributed by atoms with Gasteiger partial charge in [0.05, 0.1) is 15.9 Å². The lowest BCUT2D eigenvalue weighted by Gasteiger charge is -2.07. The van der Waals surface area contributed by atoms with Crippen molar-refractivity contribution in [2.45, 2.75) is 26.4 Å². The summed E-state index contributed by atoms with van der Waals surface area (Å²) in [6, 6.07) is 3.46. The van der Waals surface area contributed by atoms with Crippen LogP contribution in [0.5, 0.6) is 0 Å². The second-order valence-electron chi connectivity index (χ2n) is 4.52. The van der Waals surface area contributed by atoms with E-state index in [0.717, 1.165) is 34.4 Å². The predicted octanol–water partition coefficient (Wildman–Crippen LogP) is 3.31. The van der Waals surface area contributed by atoms with E-state index in [1.165, 1.54) is 6.07 Å². The molecule has 0 aliphatic heterocycles. The van der Waals surface area contributed by atoms with Gasteiger partial charge in [-0.2, -0.15) is 5.10 Å². The molecule has 0 bridgehead atoms. The normalized spacial score (nSPS) is 11.1. The van der Waals surface area contributed by atoms with E-state index in [9.17, 15) is 8.78 Å². The molecule has 0 saturated carbocycles. The lowest BCUT2D eigenvalue weighted by Crippen LogP contribution is -2.16. The van der Waals surface area contributed by atoms with E-state index in [1.54, 1.807) is 4.68 Å². The number of nitrogens with one attached hydrogen (secondary N) is 1. The van der Waals surface area contributed by atoms with E-state index in [2.05, 4.69) is 26.3 Å². The minimum absolute atomic E-state index is 0.267. The Hall–Kier alpha value is -1.27. The first kappa shape index (κ1) is 15.1. The van der Waals surface area contributed by atoms with Crippen LogP contribution >= 0.6 is 15.9 Å². The molecule has 0 radical (unpaired) electrons. The number of halogens is 3. The van der Waals surface area contributed by atoms with Gasteiger partial charge in [-0.15, -0.1) is 0 Å². The molecule has 0 unspecified atom stereocenters. The molecule has 1 aromatic heterocycles. The zero-order valence-electron chi connectivity index (χ0n) is 11.4. The van der Waals surface area contributed by atoms with E-state index >= 15 is 0 Å². The first-order chi connectivity index (χ1) is 9.52. The van der Waals surface area contributed by atoms with Crippen LogP contribution in [0.4, 0.5) is 8.78 Å². The molecule has 1 heterocycles. The fraction of sp³-hybridized carbons (Fsp3) is 0.357. The van der Waals surface area contributed by atoms with Gasteiger partial charge < -0.3 is 5.32 Å². The molecule has 2 rings (SSSR count). The summed E-state index contributed by atoms with van der Waals surface area (Å²) in [6.07, 6.45) is 0.840. The number of hydrogen-bond acceptors (Lipinski definition) is 2. The van der Waals surface area contributed by atoms with Crippen molar-refractivity contribution in [1.82, 2.24) is 15.1 Å². The van der Waals surface area contributed by atoms with Crippen LogP contribution in [-0.4, -0.2) is 9.78 Å². The van der Waals surface area contributed by atoms with E-state index in [0.29, 0.717) is 12.1 Å². The SMILES string of the molecule is CCc1nn(C)c(CNCc2cc(F)ccc2F)c1Br. The Balaban J connectivity index is 2.03. The minimum atomic E-state index is -0.432. The molecule has 20 heavy (non-hydrogen) atoms. The van der Waals surface area contributed by atoms with Gasteiger partial charge in [0.15, 0.2) is 0 Å².